The lowest BCUT2D eigenvalue weighted by Crippen LogP contribution is -2.32. The first-order valence-corrected chi connectivity index (χ1v) is 13.6. The lowest BCUT2D eigenvalue weighted by molar-refractivity contribution is 0.0902. The van der Waals surface area contributed by atoms with E-state index in [1.165, 1.54) is 122 Å². The summed E-state index contributed by atoms with van der Waals surface area (Å²) in [6.07, 6.45) is 26.4. The standard InChI is InChI=1S/C28H49N/c1-3-5-6-7-8-19-28(22-29)20-17-27(18-21-28)26-15-13-25(14-16-26)24-11-9-23(4-2)10-12-24/h23-27H,3-21H2,1-2H3/t23-,24-,25?,26?,27-,28-. The predicted octanol–water partition coefficient (Wildman–Crippen LogP) is 9.07. The Labute approximate surface area is 182 Å². The van der Waals surface area contributed by atoms with Crippen LogP contribution in [0.3, 0.4) is 0 Å². The number of hydrogen-bond acceptors (Lipinski definition) is 1. The maximum Gasteiger partial charge on any atom is 0.0689 e. The molecule has 3 saturated carbocycles. The normalized spacial score (nSPS) is 38.4. The van der Waals surface area contributed by atoms with Crippen LogP contribution in [0, 0.1) is 46.3 Å². The molecule has 3 aliphatic carbocycles. The molecule has 1 nitrogen and oxygen atoms in total. The van der Waals surface area contributed by atoms with E-state index in [4.69, 9.17) is 0 Å². The Hall–Kier alpha value is -0.510. The van der Waals surface area contributed by atoms with Crippen LogP contribution >= 0.6 is 0 Å². The van der Waals surface area contributed by atoms with Crippen molar-refractivity contribution in [1.82, 2.24) is 0 Å². The van der Waals surface area contributed by atoms with Crippen molar-refractivity contribution >= 4 is 0 Å². The highest BCUT2D eigenvalue weighted by atomic mass is 14.5. The van der Waals surface area contributed by atoms with Gasteiger partial charge in [0.05, 0.1) is 11.5 Å². The van der Waals surface area contributed by atoms with Gasteiger partial charge in [0, 0.05) is 0 Å². The Bertz CT molecular complexity index is 479. The van der Waals surface area contributed by atoms with Gasteiger partial charge in [-0.1, -0.05) is 65.2 Å². The fraction of sp³-hybridized carbons (Fsp3) is 0.964. The molecule has 0 bridgehead atoms. The molecule has 0 heterocycles. The van der Waals surface area contributed by atoms with E-state index in [2.05, 4.69) is 19.9 Å². The molecular formula is C28H49N. The van der Waals surface area contributed by atoms with Crippen molar-refractivity contribution in [3.63, 3.8) is 0 Å². The average molecular weight is 400 g/mol. The minimum absolute atomic E-state index is 0.0395. The SMILES string of the molecule is CCCCCCC[C@]1(C#N)CC[C@H](C2CCC([C@H]3CC[C@H](CC)CC3)CC2)CC1. The molecule has 0 aliphatic heterocycles. The smallest absolute Gasteiger partial charge is 0.0689 e. The van der Waals surface area contributed by atoms with E-state index in [0.717, 1.165) is 29.6 Å². The highest BCUT2D eigenvalue weighted by Gasteiger charge is 2.39. The molecule has 0 aromatic heterocycles. The Balaban J connectivity index is 1.36. The van der Waals surface area contributed by atoms with Gasteiger partial charge in [-0.2, -0.15) is 5.26 Å². The summed E-state index contributed by atoms with van der Waals surface area (Å²) in [5, 5.41) is 9.91. The molecule has 0 saturated heterocycles. The Kier molecular flexibility index (Phi) is 9.40. The van der Waals surface area contributed by atoms with Crippen molar-refractivity contribution in [3.05, 3.63) is 0 Å². The summed E-state index contributed by atoms with van der Waals surface area (Å²) in [6.45, 7) is 4.66. The minimum Gasteiger partial charge on any atom is -0.198 e. The summed E-state index contributed by atoms with van der Waals surface area (Å²) in [7, 11) is 0. The van der Waals surface area contributed by atoms with E-state index >= 15 is 0 Å². The van der Waals surface area contributed by atoms with Crippen molar-refractivity contribution in [1.29, 1.82) is 5.26 Å². The number of nitrogens with zero attached hydrogens (tertiary/aromatic N) is 1. The molecule has 166 valence electrons. The van der Waals surface area contributed by atoms with Crippen LogP contribution in [0.25, 0.3) is 0 Å². The van der Waals surface area contributed by atoms with Crippen LogP contribution in [0.15, 0.2) is 0 Å². The zero-order valence-electron chi connectivity index (χ0n) is 19.8. The molecule has 3 fully saturated rings. The second kappa shape index (κ2) is 11.8. The molecule has 0 N–H and O–H groups in total. The first-order chi connectivity index (χ1) is 14.2. The van der Waals surface area contributed by atoms with Crippen LogP contribution in [0.4, 0.5) is 0 Å². The third-order valence-electron chi connectivity index (χ3n) is 9.60. The highest BCUT2D eigenvalue weighted by Crippen LogP contribution is 2.49. The maximum absolute atomic E-state index is 9.91. The topological polar surface area (TPSA) is 23.8 Å². The quantitative estimate of drug-likeness (QED) is 0.355. The second-order valence-electron chi connectivity index (χ2n) is 11.3. The summed E-state index contributed by atoms with van der Waals surface area (Å²) in [6, 6.07) is 2.79. The van der Waals surface area contributed by atoms with Gasteiger partial charge >= 0.3 is 0 Å². The molecule has 1 heteroatoms. The fourth-order valence-corrected chi connectivity index (χ4v) is 7.30. The van der Waals surface area contributed by atoms with Crippen LogP contribution in [-0.4, -0.2) is 0 Å². The third kappa shape index (κ3) is 6.48. The molecule has 0 aromatic rings. The molecule has 0 aromatic carbocycles. The Morgan fingerprint density at radius 2 is 1.14 bits per heavy atom. The number of nitriles is 1. The molecule has 3 rings (SSSR count). The molecule has 29 heavy (non-hydrogen) atoms. The number of unbranched alkanes of at least 4 members (excludes halogenated alkanes) is 4. The largest absolute Gasteiger partial charge is 0.198 e. The minimum atomic E-state index is 0.0395. The van der Waals surface area contributed by atoms with Crippen molar-refractivity contribution in [2.45, 2.75) is 136 Å². The monoisotopic (exact) mass is 399 g/mol. The van der Waals surface area contributed by atoms with Crippen molar-refractivity contribution < 1.29 is 0 Å². The number of hydrogen-bond donors (Lipinski definition) is 0. The summed E-state index contributed by atoms with van der Waals surface area (Å²) in [5.74, 6) is 5.07. The highest BCUT2D eigenvalue weighted by molar-refractivity contribution is 5.02. The lowest BCUT2D eigenvalue weighted by Gasteiger charge is -2.43. The van der Waals surface area contributed by atoms with Crippen LogP contribution < -0.4 is 0 Å². The van der Waals surface area contributed by atoms with E-state index in [-0.39, 0.29) is 5.41 Å². The first kappa shape index (κ1) is 23.2. The van der Waals surface area contributed by atoms with E-state index in [1.54, 1.807) is 0 Å². The van der Waals surface area contributed by atoms with Gasteiger partial charge in [-0.05, 0) is 100 Å². The van der Waals surface area contributed by atoms with Gasteiger partial charge in [-0.25, -0.2) is 0 Å². The average Bonchev–Trinajstić information content (AvgIpc) is 2.79. The zero-order chi connectivity index (χ0) is 20.5. The second-order valence-corrected chi connectivity index (χ2v) is 11.3. The van der Waals surface area contributed by atoms with E-state index in [9.17, 15) is 5.26 Å². The molecule has 0 spiro atoms. The van der Waals surface area contributed by atoms with Gasteiger partial charge in [-0.15, -0.1) is 0 Å². The van der Waals surface area contributed by atoms with Gasteiger partial charge in [-0.3, -0.25) is 0 Å². The summed E-state index contributed by atoms with van der Waals surface area (Å²) in [4.78, 5) is 0. The molecule has 0 atom stereocenters. The van der Waals surface area contributed by atoms with Gasteiger partial charge in [0.2, 0.25) is 0 Å². The van der Waals surface area contributed by atoms with Gasteiger partial charge in [0.1, 0.15) is 0 Å². The molecular weight excluding hydrogens is 350 g/mol. The van der Waals surface area contributed by atoms with Crippen LogP contribution in [0.2, 0.25) is 0 Å². The Morgan fingerprint density at radius 3 is 1.62 bits per heavy atom. The van der Waals surface area contributed by atoms with Crippen LogP contribution in [-0.2, 0) is 0 Å². The Morgan fingerprint density at radius 1 is 0.655 bits per heavy atom. The first-order valence-electron chi connectivity index (χ1n) is 13.6. The number of rotatable bonds is 9. The summed E-state index contributed by atoms with van der Waals surface area (Å²) < 4.78 is 0. The van der Waals surface area contributed by atoms with Crippen LogP contribution in [0.1, 0.15) is 136 Å². The van der Waals surface area contributed by atoms with E-state index in [1.807, 2.05) is 0 Å². The predicted molar refractivity (Wildman–Crippen MR) is 125 cm³/mol. The summed E-state index contributed by atoms with van der Waals surface area (Å²) in [5.41, 5.74) is 0.0395. The van der Waals surface area contributed by atoms with Crippen molar-refractivity contribution in [2.24, 2.45) is 35.0 Å². The van der Waals surface area contributed by atoms with Crippen molar-refractivity contribution in [2.75, 3.05) is 0 Å². The van der Waals surface area contributed by atoms with E-state index in [0.29, 0.717) is 0 Å². The van der Waals surface area contributed by atoms with Gasteiger partial charge in [0.25, 0.3) is 0 Å². The third-order valence-corrected chi connectivity index (χ3v) is 9.60. The fourth-order valence-electron chi connectivity index (χ4n) is 7.30. The van der Waals surface area contributed by atoms with E-state index < -0.39 is 0 Å². The molecule has 0 amide bonds. The maximum atomic E-state index is 9.91. The summed E-state index contributed by atoms with van der Waals surface area (Å²) >= 11 is 0. The van der Waals surface area contributed by atoms with Gasteiger partial charge in [0.15, 0.2) is 0 Å². The molecule has 0 unspecified atom stereocenters. The zero-order valence-corrected chi connectivity index (χ0v) is 19.8. The van der Waals surface area contributed by atoms with Crippen LogP contribution in [0.5, 0.6) is 0 Å². The lowest BCUT2D eigenvalue weighted by atomic mass is 9.62. The molecule has 3 aliphatic rings. The van der Waals surface area contributed by atoms with Crippen molar-refractivity contribution in [3.8, 4) is 6.07 Å². The molecule has 0 radical (unpaired) electrons. The van der Waals surface area contributed by atoms with Gasteiger partial charge < -0.3 is 0 Å².